The maximum atomic E-state index is 11.9. The molecule has 0 bridgehead atoms. The summed E-state index contributed by atoms with van der Waals surface area (Å²) < 4.78 is 4.93. The first kappa shape index (κ1) is 12.3. The van der Waals surface area contributed by atoms with Crippen molar-refractivity contribution in [1.29, 1.82) is 0 Å². The first-order valence-electron chi connectivity index (χ1n) is 5.73. The molecule has 0 spiro atoms. The number of amides is 1. The summed E-state index contributed by atoms with van der Waals surface area (Å²) in [6.07, 6.45) is 0. The zero-order valence-corrected chi connectivity index (χ0v) is 10.3. The van der Waals surface area contributed by atoms with Crippen LogP contribution in [0.3, 0.4) is 0 Å². The van der Waals surface area contributed by atoms with E-state index in [-0.39, 0.29) is 12.5 Å². The summed E-state index contributed by atoms with van der Waals surface area (Å²) in [5.74, 6) is -1.85. The number of ether oxygens (including phenoxy) is 1. The minimum absolute atomic E-state index is 0.244. The lowest BCUT2D eigenvalue weighted by molar-refractivity contribution is -0.150. The van der Waals surface area contributed by atoms with Crippen LogP contribution in [0, 0.1) is 5.92 Å². The minimum Gasteiger partial charge on any atom is -0.465 e. The summed E-state index contributed by atoms with van der Waals surface area (Å²) >= 11 is 0. The van der Waals surface area contributed by atoms with Gasteiger partial charge in [-0.05, 0) is 12.5 Å². The molecule has 2 rings (SSSR count). The van der Waals surface area contributed by atoms with Gasteiger partial charge in [-0.1, -0.05) is 30.3 Å². The second-order valence-corrected chi connectivity index (χ2v) is 3.90. The first-order chi connectivity index (χ1) is 8.65. The summed E-state index contributed by atoms with van der Waals surface area (Å²) in [4.78, 5) is 23.8. The van der Waals surface area contributed by atoms with Crippen LogP contribution in [0.1, 0.15) is 12.5 Å². The number of benzene rings is 1. The van der Waals surface area contributed by atoms with Gasteiger partial charge < -0.3 is 4.74 Å². The number of nitrogens with zero attached hydrogens (tertiary/aromatic N) is 2. The highest BCUT2D eigenvalue weighted by Crippen LogP contribution is 2.21. The summed E-state index contributed by atoms with van der Waals surface area (Å²) in [6.45, 7) is 1.95. The Hall–Kier alpha value is -2.17. The van der Waals surface area contributed by atoms with E-state index in [1.807, 2.05) is 30.3 Å². The summed E-state index contributed by atoms with van der Waals surface area (Å²) in [5, 5.41) is 5.31. The van der Waals surface area contributed by atoms with Crippen molar-refractivity contribution in [3.63, 3.8) is 0 Å². The molecule has 0 aromatic heterocycles. The summed E-state index contributed by atoms with van der Waals surface area (Å²) in [7, 11) is 1.53. The molecule has 0 N–H and O–H groups in total. The van der Waals surface area contributed by atoms with Gasteiger partial charge in [-0.3, -0.25) is 9.59 Å². The standard InChI is InChI=1S/C13H14N2O3/c1-3-18-13(17)10-11(14-15(2)12(10)16)9-7-5-4-6-8-9/h4-8,10H,3H2,1-2H3. The molecule has 94 valence electrons. The first-order valence-corrected chi connectivity index (χ1v) is 5.73. The van der Waals surface area contributed by atoms with Crippen LogP contribution < -0.4 is 0 Å². The predicted molar refractivity (Wildman–Crippen MR) is 65.9 cm³/mol. The zero-order chi connectivity index (χ0) is 13.1. The fourth-order valence-corrected chi connectivity index (χ4v) is 1.84. The smallest absolute Gasteiger partial charge is 0.324 e. The van der Waals surface area contributed by atoms with Crippen molar-refractivity contribution in [2.24, 2.45) is 11.0 Å². The van der Waals surface area contributed by atoms with Crippen molar-refractivity contribution in [3.8, 4) is 0 Å². The third-order valence-electron chi connectivity index (χ3n) is 2.69. The molecule has 5 nitrogen and oxygen atoms in total. The number of hydrazone groups is 1. The Morgan fingerprint density at radius 3 is 2.67 bits per heavy atom. The average Bonchev–Trinajstić information content (AvgIpc) is 2.67. The fraction of sp³-hybridized carbons (Fsp3) is 0.308. The van der Waals surface area contributed by atoms with Crippen LogP contribution >= 0.6 is 0 Å². The molecule has 1 aliphatic rings. The SMILES string of the molecule is CCOC(=O)C1C(=O)N(C)N=C1c1ccccc1. The van der Waals surface area contributed by atoms with Crippen LogP contribution in [0.2, 0.25) is 0 Å². The number of carbonyl (C=O) groups excluding carboxylic acids is 2. The second-order valence-electron chi connectivity index (χ2n) is 3.90. The van der Waals surface area contributed by atoms with Crippen molar-refractivity contribution < 1.29 is 14.3 Å². The van der Waals surface area contributed by atoms with Gasteiger partial charge in [-0.15, -0.1) is 0 Å². The Morgan fingerprint density at radius 2 is 2.06 bits per heavy atom. The average molecular weight is 246 g/mol. The Labute approximate surface area is 105 Å². The normalized spacial score (nSPS) is 18.8. The highest BCUT2D eigenvalue weighted by molar-refractivity contribution is 6.26. The molecule has 5 heteroatoms. The van der Waals surface area contributed by atoms with E-state index in [0.717, 1.165) is 5.56 Å². The second kappa shape index (κ2) is 5.00. The van der Waals surface area contributed by atoms with E-state index in [4.69, 9.17) is 4.74 Å². The van der Waals surface area contributed by atoms with Gasteiger partial charge in [0.05, 0.1) is 12.3 Å². The molecule has 0 fully saturated rings. The monoisotopic (exact) mass is 246 g/mol. The molecule has 1 atom stereocenters. The maximum Gasteiger partial charge on any atom is 0.324 e. The van der Waals surface area contributed by atoms with Crippen LogP contribution in [0.4, 0.5) is 0 Å². The maximum absolute atomic E-state index is 11.9. The Balaban J connectivity index is 2.35. The zero-order valence-electron chi connectivity index (χ0n) is 10.3. The molecule has 1 amide bonds. The number of rotatable bonds is 3. The van der Waals surface area contributed by atoms with Gasteiger partial charge in [-0.2, -0.15) is 5.10 Å². The molecule has 0 aliphatic carbocycles. The Morgan fingerprint density at radius 1 is 1.39 bits per heavy atom. The van der Waals surface area contributed by atoms with E-state index in [1.165, 1.54) is 12.1 Å². The van der Waals surface area contributed by atoms with Crippen molar-refractivity contribution in [3.05, 3.63) is 35.9 Å². The fourth-order valence-electron chi connectivity index (χ4n) is 1.84. The number of carbonyl (C=O) groups is 2. The molecule has 18 heavy (non-hydrogen) atoms. The highest BCUT2D eigenvalue weighted by Gasteiger charge is 2.41. The van der Waals surface area contributed by atoms with Crippen LogP contribution in [-0.4, -0.2) is 36.3 Å². The third-order valence-corrected chi connectivity index (χ3v) is 2.69. The Kier molecular flexibility index (Phi) is 3.41. The Bertz CT molecular complexity index is 496. The summed E-state index contributed by atoms with van der Waals surface area (Å²) in [5.41, 5.74) is 1.20. The van der Waals surface area contributed by atoms with Gasteiger partial charge in [0, 0.05) is 7.05 Å². The molecule has 1 aromatic rings. The van der Waals surface area contributed by atoms with E-state index in [0.29, 0.717) is 5.71 Å². The third kappa shape index (κ3) is 2.11. The van der Waals surface area contributed by atoms with E-state index in [9.17, 15) is 9.59 Å². The number of esters is 1. The van der Waals surface area contributed by atoms with Crippen LogP contribution in [-0.2, 0) is 14.3 Å². The predicted octanol–water partition coefficient (Wildman–Crippen LogP) is 1.04. The molecule has 1 unspecified atom stereocenters. The van der Waals surface area contributed by atoms with E-state index in [1.54, 1.807) is 6.92 Å². The van der Waals surface area contributed by atoms with Gasteiger partial charge in [-0.25, -0.2) is 5.01 Å². The molecule has 1 aromatic carbocycles. The van der Waals surface area contributed by atoms with Gasteiger partial charge in [0.1, 0.15) is 0 Å². The lowest BCUT2D eigenvalue weighted by atomic mass is 9.97. The molecule has 1 heterocycles. The lowest BCUT2D eigenvalue weighted by Gasteiger charge is -2.10. The van der Waals surface area contributed by atoms with Gasteiger partial charge >= 0.3 is 5.97 Å². The molecule has 1 aliphatic heterocycles. The molecule has 0 saturated carbocycles. The highest BCUT2D eigenvalue weighted by atomic mass is 16.5. The quantitative estimate of drug-likeness (QED) is 0.591. The largest absolute Gasteiger partial charge is 0.465 e. The van der Waals surface area contributed by atoms with Gasteiger partial charge in [0.25, 0.3) is 5.91 Å². The topological polar surface area (TPSA) is 59.0 Å². The number of hydrogen-bond donors (Lipinski definition) is 0. The van der Waals surface area contributed by atoms with Crippen LogP contribution in [0.25, 0.3) is 0 Å². The molecular weight excluding hydrogens is 232 g/mol. The van der Waals surface area contributed by atoms with Crippen molar-refractivity contribution in [2.45, 2.75) is 6.92 Å². The van der Waals surface area contributed by atoms with Gasteiger partial charge in [0.15, 0.2) is 5.92 Å². The van der Waals surface area contributed by atoms with Crippen molar-refractivity contribution in [2.75, 3.05) is 13.7 Å². The lowest BCUT2D eigenvalue weighted by Crippen LogP contribution is -2.33. The van der Waals surface area contributed by atoms with E-state index >= 15 is 0 Å². The summed E-state index contributed by atoms with van der Waals surface area (Å²) in [6, 6.07) is 9.17. The molecule has 0 saturated heterocycles. The minimum atomic E-state index is -0.947. The van der Waals surface area contributed by atoms with Gasteiger partial charge in [0.2, 0.25) is 0 Å². The number of hydrogen-bond acceptors (Lipinski definition) is 4. The van der Waals surface area contributed by atoms with Crippen LogP contribution in [0.5, 0.6) is 0 Å². The van der Waals surface area contributed by atoms with E-state index in [2.05, 4.69) is 5.10 Å². The molecular formula is C13H14N2O3. The van der Waals surface area contributed by atoms with Crippen molar-refractivity contribution >= 4 is 17.6 Å². The molecule has 0 radical (unpaired) electrons. The van der Waals surface area contributed by atoms with E-state index < -0.39 is 11.9 Å². The van der Waals surface area contributed by atoms with Crippen molar-refractivity contribution in [1.82, 2.24) is 5.01 Å². The van der Waals surface area contributed by atoms with Crippen LogP contribution in [0.15, 0.2) is 35.4 Å².